The van der Waals surface area contributed by atoms with E-state index in [9.17, 15) is 4.79 Å². The molecule has 0 saturated carbocycles. The highest BCUT2D eigenvalue weighted by atomic mass is 16.5. The van der Waals surface area contributed by atoms with Crippen LogP contribution >= 0.6 is 0 Å². The Kier molecular flexibility index (Phi) is 4.43. The van der Waals surface area contributed by atoms with Gasteiger partial charge in [0.15, 0.2) is 5.82 Å². The maximum Gasteiger partial charge on any atom is 0.335 e. The van der Waals surface area contributed by atoms with E-state index in [1.807, 2.05) is 26.0 Å². The number of carboxylic acids is 1. The van der Waals surface area contributed by atoms with E-state index in [-0.39, 0.29) is 12.0 Å². The molecule has 1 aliphatic heterocycles. The third-order valence-electron chi connectivity index (χ3n) is 4.20. The van der Waals surface area contributed by atoms with E-state index >= 15 is 0 Å². The lowest BCUT2D eigenvalue weighted by Crippen LogP contribution is -2.23. The molecule has 1 aromatic heterocycles. The zero-order chi connectivity index (χ0) is 16.4. The number of aromatic carboxylic acids is 1. The van der Waals surface area contributed by atoms with Gasteiger partial charge in [-0.3, -0.25) is 4.90 Å². The largest absolute Gasteiger partial charge is 0.478 e. The second-order valence-electron chi connectivity index (χ2n) is 6.28. The summed E-state index contributed by atoms with van der Waals surface area (Å²) in [6, 6.07) is 7.20. The number of nitrogens with zero attached hydrogens (tertiary/aromatic N) is 3. The zero-order valence-corrected chi connectivity index (χ0v) is 13.4. The summed E-state index contributed by atoms with van der Waals surface area (Å²) in [6.45, 7) is 5.81. The second-order valence-corrected chi connectivity index (χ2v) is 6.28. The fourth-order valence-corrected chi connectivity index (χ4v) is 2.91. The summed E-state index contributed by atoms with van der Waals surface area (Å²) in [6.07, 6.45) is 2.12. The predicted molar refractivity (Wildman–Crippen MR) is 84.2 cm³/mol. The molecule has 1 saturated heterocycles. The van der Waals surface area contributed by atoms with Crippen LogP contribution in [0.5, 0.6) is 0 Å². The van der Waals surface area contributed by atoms with Gasteiger partial charge < -0.3 is 9.63 Å². The van der Waals surface area contributed by atoms with Crippen LogP contribution in [0.2, 0.25) is 0 Å². The molecular formula is C17H21N3O3. The molecule has 2 aromatic rings. The number of hydrogen-bond donors (Lipinski definition) is 1. The van der Waals surface area contributed by atoms with Crippen LogP contribution in [0.4, 0.5) is 0 Å². The van der Waals surface area contributed by atoms with Crippen molar-refractivity contribution in [1.82, 2.24) is 15.0 Å². The van der Waals surface area contributed by atoms with Crippen molar-refractivity contribution in [1.29, 1.82) is 0 Å². The Bertz CT molecular complexity index is 679. The van der Waals surface area contributed by atoms with Crippen LogP contribution in [0.3, 0.4) is 0 Å². The van der Waals surface area contributed by atoms with Gasteiger partial charge in [-0.2, -0.15) is 4.98 Å². The molecule has 1 atom stereocenters. The maximum absolute atomic E-state index is 10.9. The van der Waals surface area contributed by atoms with E-state index in [4.69, 9.17) is 9.63 Å². The molecule has 0 radical (unpaired) electrons. The van der Waals surface area contributed by atoms with Crippen molar-refractivity contribution >= 4 is 5.97 Å². The van der Waals surface area contributed by atoms with Crippen LogP contribution in [0.25, 0.3) is 0 Å². The summed E-state index contributed by atoms with van der Waals surface area (Å²) in [4.78, 5) is 17.8. The van der Waals surface area contributed by atoms with Gasteiger partial charge in [0.1, 0.15) is 0 Å². The molecule has 3 rings (SSSR count). The van der Waals surface area contributed by atoms with Gasteiger partial charge in [0.2, 0.25) is 5.89 Å². The fraction of sp³-hybridized carbons (Fsp3) is 0.471. The monoisotopic (exact) mass is 315 g/mol. The molecule has 0 aliphatic carbocycles. The molecule has 1 fully saturated rings. The van der Waals surface area contributed by atoms with Crippen molar-refractivity contribution in [3.05, 3.63) is 47.1 Å². The van der Waals surface area contributed by atoms with Gasteiger partial charge in [0.25, 0.3) is 0 Å². The van der Waals surface area contributed by atoms with E-state index in [2.05, 4.69) is 15.0 Å². The van der Waals surface area contributed by atoms with Crippen LogP contribution < -0.4 is 0 Å². The molecule has 0 bridgehead atoms. The third-order valence-corrected chi connectivity index (χ3v) is 4.20. The number of carbonyl (C=O) groups is 1. The molecule has 6 nitrogen and oxygen atoms in total. The van der Waals surface area contributed by atoms with E-state index in [0.29, 0.717) is 11.5 Å². The van der Waals surface area contributed by atoms with Crippen LogP contribution in [0.1, 0.15) is 66.3 Å². The fourth-order valence-electron chi connectivity index (χ4n) is 2.91. The summed E-state index contributed by atoms with van der Waals surface area (Å²) >= 11 is 0. The molecular weight excluding hydrogens is 294 g/mol. The number of carboxylic acid groups (broad SMARTS) is 1. The quantitative estimate of drug-likeness (QED) is 0.912. The van der Waals surface area contributed by atoms with Gasteiger partial charge in [-0.05, 0) is 37.1 Å². The van der Waals surface area contributed by atoms with Gasteiger partial charge in [-0.25, -0.2) is 4.79 Å². The molecule has 2 heterocycles. The van der Waals surface area contributed by atoms with Crippen LogP contribution in [-0.4, -0.2) is 32.7 Å². The smallest absolute Gasteiger partial charge is 0.335 e. The van der Waals surface area contributed by atoms with Gasteiger partial charge >= 0.3 is 5.97 Å². The topological polar surface area (TPSA) is 79.5 Å². The highest BCUT2D eigenvalue weighted by molar-refractivity contribution is 5.87. The first-order valence-electron chi connectivity index (χ1n) is 7.94. The molecule has 1 aliphatic rings. The van der Waals surface area contributed by atoms with Gasteiger partial charge in [0, 0.05) is 12.5 Å². The lowest BCUT2D eigenvalue weighted by atomic mass is 10.1. The molecule has 122 valence electrons. The molecule has 1 aromatic carbocycles. The Morgan fingerprint density at radius 2 is 2.13 bits per heavy atom. The van der Waals surface area contributed by atoms with Crippen molar-refractivity contribution in [2.45, 2.75) is 45.2 Å². The summed E-state index contributed by atoms with van der Waals surface area (Å²) in [5, 5.41) is 13.1. The highest BCUT2D eigenvalue weighted by Gasteiger charge is 2.30. The van der Waals surface area contributed by atoms with Gasteiger partial charge in [-0.1, -0.05) is 31.1 Å². The molecule has 0 spiro atoms. The normalized spacial score (nSPS) is 18.7. The minimum atomic E-state index is -0.899. The second kappa shape index (κ2) is 6.50. The van der Waals surface area contributed by atoms with Crippen molar-refractivity contribution in [3.63, 3.8) is 0 Å². The van der Waals surface area contributed by atoms with E-state index in [0.717, 1.165) is 37.3 Å². The van der Waals surface area contributed by atoms with E-state index < -0.39 is 5.97 Å². The summed E-state index contributed by atoms with van der Waals surface area (Å²) < 4.78 is 5.33. The SMILES string of the molecule is CC(C)c1nc(C2CCCN2Cc2ccc(C(=O)O)cc2)no1. The van der Waals surface area contributed by atoms with E-state index in [1.165, 1.54) is 0 Å². The summed E-state index contributed by atoms with van der Waals surface area (Å²) in [7, 11) is 0. The number of aromatic nitrogens is 2. The molecule has 1 unspecified atom stereocenters. The molecule has 6 heteroatoms. The minimum Gasteiger partial charge on any atom is -0.478 e. The first kappa shape index (κ1) is 15.7. The van der Waals surface area contributed by atoms with Crippen LogP contribution in [0.15, 0.2) is 28.8 Å². The highest BCUT2D eigenvalue weighted by Crippen LogP contribution is 2.32. The first-order valence-corrected chi connectivity index (χ1v) is 7.94. The lowest BCUT2D eigenvalue weighted by molar-refractivity contribution is 0.0697. The van der Waals surface area contributed by atoms with Crippen LogP contribution in [0, 0.1) is 0 Å². The van der Waals surface area contributed by atoms with Crippen LogP contribution in [-0.2, 0) is 6.54 Å². The Morgan fingerprint density at radius 1 is 1.39 bits per heavy atom. The van der Waals surface area contributed by atoms with Crippen molar-refractivity contribution < 1.29 is 14.4 Å². The number of hydrogen-bond acceptors (Lipinski definition) is 5. The maximum atomic E-state index is 10.9. The van der Waals surface area contributed by atoms with Gasteiger partial charge in [-0.15, -0.1) is 0 Å². The summed E-state index contributed by atoms with van der Waals surface area (Å²) in [5.74, 6) is 0.768. The molecule has 23 heavy (non-hydrogen) atoms. The number of likely N-dealkylation sites (tertiary alicyclic amines) is 1. The van der Waals surface area contributed by atoms with Gasteiger partial charge in [0.05, 0.1) is 11.6 Å². The minimum absolute atomic E-state index is 0.172. The lowest BCUT2D eigenvalue weighted by Gasteiger charge is -2.21. The Labute approximate surface area is 135 Å². The average molecular weight is 315 g/mol. The first-order chi connectivity index (χ1) is 11.0. The van der Waals surface area contributed by atoms with Crippen molar-refractivity contribution in [2.24, 2.45) is 0 Å². The standard InChI is InChI=1S/C17H21N3O3/c1-11(2)16-18-15(19-23-16)14-4-3-9-20(14)10-12-5-7-13(8-6-12)17(21)22/h5-8,11,14H,3-4,9-10H2,1-2H3,(H,21,22). The third kappa shape index (κ3) is 3.42. The summed E-state index contributed by atoms with van der Waals surface area (Å²) in [5.41, 5.74) is 1.40. The predicted octanol–water partition coefficient (Wildman–Crippen LogP) is 3.23. The molecule has 0 amide bonds. The molecule has 1 N–H and O–H groups in total. The number of benzene rings is 1. The Morgan fingerprint density at radius 3 is 2.74 bits per heavy atom. The van der Waals surface area contributed by atoms with E-state index in [1.54, 1.807) is 12.1 Å². The number of rotatable bonds is 5. The average Bonchev–Trinajstić information content (AvgIpc) is 3.16. The Balaban J connectivity index is 1.72. The Hall–Kier alpha value is -2.21. The zero-order valence-electron chi connectivity index (χ0n) is 13.4. The van der Waals surface area contributed by atoms with Crippen molar-refractivity contribution in [2.75, 3.05) is 6.54 Å². The van der Waals surface area contributed by atoms with Crippen molar-refractivity contribution in [3.8, 4) is 0 Å².